The van der Waals surface area contributed by atoms with Gasteiger partial charge in [0.15, 0.2) is 0 Å². The van der Waals surface area contributed by atoms with Crippen LogP contribution in [0, 0.1) is 0 Å². The molecule has 124 valence electrons. The topological polar surface area (TPSA) is 70.7 Å². The fraction of sp³-hybridized carbons (Fsp3) is 0.500. The van der Waals surface area contributed by atoms with E-state index in [0.717, 1.165) is 25.7 Å². The van der Waals surface area contributed by atoms with Crippen molar-refractivity contribution in [2.24, 2.45) is 0 Å². The first kappa shape index (κ1) is 16.1. The van der Waals surface area contributed by atoms with Gasteiger partial charge in [-0.2, -0.15) is 0 Å². The van der Waals surface area contributed by atoms with Crippen molar-refractivity contribution in [3.05, 3.63) is 23.2 Å². The number of carbonyl (C=O) groups is 2. The lowest BCUT2D eigenvalue weighted by molar-refractivity contribution is -0.122. The first-order chi connectivity index (χ1) is 11.1. The number of benzene rings is 1. The summed E-state index contributed by atoms with van der Waals surface area (Å²) in [4.78, 5) is 25.4. The maximum Gasteiger partial charge on any atom is 0.321 e. The molecule has 23 heavy (non-hydrogen) atoms. The summed E-state index contributed by atoms with van der Waals surface area (Å²) in [5.74, 6) is -0.234. The summed E-state index contributed by atoms with van der Waals surface area (Å²) in [6.07, 6.45) is 4.56. The number of rotatable bonds is 5. The molecular formula is C16H20ClN3O3. The van der Waals surface area contributed by atoms with Gasteiger partial charge in [-0.05, 0) is 31.0 Å². The third kappa shape index (κ3) is 3.95. The average Bonchev–Trinajstić information content (AvgIpc) is 3.19. The van der Waals surface area contributed by atoms with Crippen LogP contribution >= 0.6 is 11.6 Å². The molecule has 0 atom stereocenters. The van der Waals surface area contributed by atoms with Crippen LogP contribution in [0.1, 0.15) is 25.7 Å². The maximum absolute atomic E-state index is 12.0. The van der Waals surface area contributed by atoms with Crippen LogP contribution in [-0.4, -0.2) is 37.7 Å². The van der Waals surface area contributed by atoms with Gasteiger partial charge in [0.05, 0.1) is 16.8 Å². The lowest BCUT2D eigenvalue weighted by atomic mass is 10.2. The van der Waals surface area contributed by atoms with Gasteiger partial charge >= 0.3 is 6.03 Å². The first-order valence-corrected chi connectivity index (χ1v) is 8.27. The van der Waals surface area contributed by atoms with Gasteiger partial charge in [-0.1, -0.05) is 24.4 Å². The highest BCUT2D eigenvalue weighted by atomic mass is 35.5. The van der Waals surface area contributed by atoms with Crippen LogP contribution in [0.5, 0.6) is 0 Å². The number of urea groups is 1. The van der Waals surface area contributed by atoms with Gasteiger partial charge in [0, 0.05) is 18.8 Å². The van der Waals surface area contributed by atoms with Gasteiger partial charge in [-0.15, -0.1) is 0 Å². The van der Waals surface area contributed by atoms with Crippen molar-refractivity contribution in [2.75, 3.05) is 29.9 Å². The van der Waals surface area contributed by atoms with Crippen molar-refractivity contribution >= 4 is 34.9 Å². The van der Waals surface area contributed by atoms with Crippen LogP contribution in [-0.2, 0) is 9.53 Å². The molecular weight excluding hydrogens is 318 g/mol. The van der Waals surface area contributed by atoms with E-state index < -0.39 is 0 Å². The molecule has 6 nitrogen and oxygen atoms in total. The van der Waals surface area contributed by atoms with E-state index >= 15 is 0 Å². The summed E-state index contributed by atoms with van der Waals surface area (Å²) in [5, 5.41) is 5.93. The normalized spacial score (nSPS) is 18.3. The standard InChI is InChI=1S/C16H20ClN3O3/c17-13-6-5-11(20-8-7-18-16(20)22)9-14(13)19-15(21)10-23-12-3-1-2-4-12/h5-6,9,12H,1-4,7-8,10H2,(H,18,22)(H,19,21). The Bertz CT molecular complexity index is 602. The van der Waals surface area contributed by atoms with Crippen LogP contribution in [0.4, 0.5) is 16.2 Å². The number of amides is 3. The molecule has 1 aliphatic heterocycles. The van der Waals surface area contributed by atoms with E-state index in [-0.39, 0.29) is 24.6 Å². The first-order valence-electron chi connectivity index (χ1n) is 7.90. The minimum atomic E-state index is -0.234. The van der Waals surface area contributed by atoms with Gasteiger partial charge in [0.25, 0.3) is 0 Å². The van der Waals surface area contributed by atoms with Crippen molar-refractivity contribution in [3.63, 3.8) is 0 Å². The summed E-state index contributed by atoms with van der Waals surface area (Å²) < 4.78 is 5.59. The Morgan fingerprint density at radius 3 is 2.87 bits per heavy atom. The molecule has 2 N–H and O–H groups in total. The number of ether oxygens (including phenoxy) is 1. The predicted molar refractivity (Wildman–Crippen MR) is 89.0 cm³/mol. The second kappa shape index (κ2) is 7.19. The molecule has 1 aliphatic carbocycles. The Balaban J connectivity index is 1.62. The molecule has 0 aromatic heterocycles. The van der Waals surface area contributed by atoms with E-state index in [0.29, 0.717) is 29.5 Å². The van der Waals surface area contributed by atoms with E-state index in [1.807, 2.05) is 0 Å². The summed E-state index contributed by atoms with van der Waals surface area (Å²) in [6, 6.07) is 5.00. The largest absolute Gasteiger partial charge is 0.368 e. The SMILES string of the molecule is O=C(COC1CCCC1)Nc1cc(N2CCNC2=O)ccc1Cl. The van der Waals surface area contributed by atoms with Crippen LogP contribution < -0.4 is 15.5 Å². The number of anilines is 2. The van der Waals surface area contributed by atoms with E-state index in [1.54, 1.807) is 23.1 Å². The molecule has 1 saturated heterocycles. The molecule has 3 rings (SSSR count). The van der Waals surface area contributed by atoms with E-state index in [2.05, 4.69) is 10.6 Å². The third-order valence-electron chi connectivity index (χ3n) is 4.14. The molecule has 1 saturated carbocycles. The lowest BCUT2D eigenvalue weighted by Gasteiger charge is -2.17. The highest BCUT2D eigenvalue weighted by Crippen LogP contribution is 2.28. The van der Waals surface area contributed by atoms with Gasteiger partial charge in [-0.25, -0.2) is 4.79 Å². The Kier molecular flexibility index (Phi) is 5.03. The molecule has 1 aromatic rings. The number of hydrogen-bond donors (Lipinski definition) is 2. The van der Waals surface area contributed by atoms with E-state index in [1.165, 1.54) is 0 Å². The second-order valence-electron chi connectivity index (χ2n) is 5.81. The van der Waals surface area contributed by atoms with Crippen LogP contribution in [0.3, 0.4) is 0 Å². The zero-order valence-corrected chi connectivity index (χ0v) is 13.6. The number of hydrogen-bond acceptors (Lipinski definition) is 3. The molecule has 2 fully saturated rings. The lowest BCUT2D eigenvalue weighted by Crippen LogP contribution is -2.28. The monoisotopic (exact) mass is 337 g/mol. The summed E-state index contributed by atoms with van der Waals surface area (Å²) in [5.41, 5.74) is 1.19. The smallest absolute Gasteiger partial charge is 0.321 e. The van der Waals surface area contributed by atoms with Crippen LogP contribution in [0.2, 0.25) is 5.02 Å². The minimum Gasteiger partial charge on any atom is -0.368 e. The minimum absolute atomic E-state index is 0.0232. The number of nitrogens with one attached hydrogen (secondary N) is 2. The summed E-state index contributed by atoms with van der Waals surface area (Å²) in [6.45, 7) is 1.23. The van der Waals surface area contributed by atoms with Crippen molar-refractivity contribution in [2.45, 2.75) is 31.8 Å². The van der Waals surface area contributed by atoms with Gasteiger partial charge in [0.2, 0.25) is 5.91 Å². The van der Waals surface area contributed by atoms with Crippen molar-refractivity contribution in [1.82, 2.24) is 5.32 Å². The Labute approximate surface area is 140 Å². The van der Waals surface area contributed by atoms with E-state index in [4.69, 9.17) is 16.3 Å². The molecule has 2 aliphatic rings. The second-order valence-corrected chi connectivity index (χ2v) is 6.22. The van der Waals surface area contributed by atoms with Crippen molar-refractivity contribution < 1.29 is 14.3 Å². The fourth-order valence-corrected chi connectivity index (χ4v) is 3.09. The fourth-order valence-electron chi connectivity index (χ4n) is 2.93. The molecule has 7 heteroatoms. The number of halogens is 1. The Hall–Kier alpha value is -1.79. The maximum atomic E-state index is 12.0. The molecule has 0 bridgehead atoms. The zero-order valence-electron chi connectivity index (χ0n) is 12.8. The average molecular weight is 338 g/mol. The van der Waals surface area contributed by atoms with Gasteiger partial charge in [0.1, 0.15) is 6.61 Å². The molecule has 1 aromatic carbocycles. The molecule has 0 spiro atoms. The van der Waals surface area contributed by atoms with Crippen molar-refractivity contribution in [3.8, 4) is 0 Å². The quantitative estimate of drug-likeness (QED) is 0.868. The van der Waals surface area contributed by atoms with Crippen LogP contribution in [0.25, 0.3) is 0 Å². The number of carbonyl (C=O) groups excluding carboxylic acids is 2. The number of nitrogens with zero attached hydrogens (tertiary/aromatic N) is 1. The van der Waals surface area contributed by atoms with Crippen molar-refractivity contribution in [1.29, 1.82) is 0 Å². The summed E-state index contributed by atoms with van der Waals surface area (Å²) >= 11 is 6.14. The highest BCUT2D eigenvalue weighted by Gasteiger charge is 2.22. The van der Waals surface area contributed by atoms with Crippen LogP contribution in [0.15, 0.2) is 18.2 Å². The molecule has 1 heterocycles. The molecule has 3 amide bonds. The highest BCUT2D eigenvalue weighted by molar-refractivity contribution is 6.33. The molecule has 0 radical (unpaired) electrons. The Morgan fingerprint density at radius 2 is 2.17 bits per heavy atom. The zero-order chi connectivity index (χ0) is 16.2. The molecule has 0 unspecified atom stereocenters. The van der Waals surface area contributed by atoms with Gasteiger partial charge in [-0.3, -0.25) is 9.69 Å². The van der Waals surface area contributed by atoms with E-state index in [9.17, 15) is 9.59 Å². The van der Waals surface area contributed by atoms with Gasteiger partial charge < -0.3 is 15.4 Å². The predicted octanol–water partition coefficient (Wildman–Crippen LogP) is 2.77. The summed E-state index contributed by atoms with van der Waals surface area (Å²) in [7, 11) is 0. The Morgan fingerprint density at radius 1 is 1.39 bits per heavy atom. The third-order valence-corrected chi connectivity index (χ3v) is 4.47.